The molecule has 0 aliphatic heterocycles. The van der Waals surface area contributed by atoms with E-state index in [1.807, 2.05) is 44.2 Å². The maximum Gasteiger partial charge on any atom is 0.305 e. The summed E-state index contributed by atoms with van der Waals surface area (Å²) in [6, 6.07) is 15.2. The molecule has 0 saturated heterocycles. The molecule has 9 heteroatoms. The zero-order valence-corrected chi connectivity index (χ0v) is 20.5. The number of carbonyl (C=O) groups is 1. The summed E-state index contributed by atoms with van der Waals surface area (Å²) >= 11 is 0. The predicted molar refractivity (Wildman–Crippen MR) is 132 cm³/mol. The monoisotopic (exact) mass is 496 g/mol. The summed E-state index contributed by atoms with van der Waals surface area (Å²) in [5.41, 5.74) is 5.43. The van der Waals surface area contributed by atoms with Gasteiger partial charge in [0.2, 0.25) is 0 Å². The third-order valence-corrected chi connectivity index (χ3v) is 7.09. The lowest BCUT2D eigenvalue weighted by atomic mass is 9.98. The van der Waals surface area contributed by atoms with Gasteiger partial charge in [-0.3, -0.25) is 9.36 Å². The van der Waals surface area contributed by atoms with Crippen LogP contribution in [0.1, 0.15) is 37.4 Å². The van der Waals surface area contributed by atoms with E-state index in [1.54, 1.807) is 12.1 Å². The normalized spacial score (nSPS) is 13.5. The fraction of sp³-hybridized carbons (Fsp3) is 0.269. The van der Waals surface area contributed by atoms with Crippen LogP contribution in [0.4, 0.5) is 4.39 Å². The minimum Gasteiger partial charge on any atom is -0.481 e. The predicted octanol–water partition coefficient (Wildman–Crippen LogP) is 5.14. The molecule has 3 rings (SSSR count). The van der Waals surface area contributed by atoms with Gasteiger partial charge in [-0.2, -0.15) is 0 Å². The maximum absolute atomic E-state index is 13.6. The molecule has 1 heterocycles. The molecule has 0 aliphatic rings. The van der Waals surface area contributed by atoms with Gasteiger partial charge in [0.1, 0.15) is 5.82 Å². The van der Waals surface area contributed by atoms with Gasteiger partial charge in [0.15, 0.2) is 5.82 Å². The summed E-state index contributed by atoms with van der Waals surface area (Å²) in [6.45, 7) is 3.87. The number of aliphatic hydroxyl groups is 1. The van der Waals surface area contributed by atoms with E-state index >= 15 is 0 Å². The molecule has 0 aliphatic carbocycles. The van der Waals surface area contributed by atoms with Crippen molar-refractivity contribution >= 4 is 13.3 Å². The first-order chi connectivity index (χ1) is 16.6. The number of aliphatic hydroxyl groups excluding tert-OH is 1. The molecule has 0 saturated carbocycles. The number of rotatable bonds is 8. The van der Waals surface area contributed by atoms with Crippen molar-refractivity contribution in [3.8, 4) is 34.2 Å². The van der Waals surface area contributed by atoms with Crippen LogP contribution in [0.15, 0.2) is 54.6 Å². The number of aromatic nitrogens is 2. The molecule has 1 aromatic heterocycles. The van der Waals surface area contributed by atoms with Crippen LogP contribution in [0, 0.1) is 17.4 Å². The van der Waals surface area contributed by atoms with Crippen LogP contribution in [0.25, 0.3) is 22.6 Å². The third kappa shape index (κ3) is 6.83. The first-order valence-corrected chi connectivity index (χ1v) is 12.7. The summed E-state index contributed by atoms with van der Waals surface area (Å²) in [5.74, 6) is 1.63. The van der Waals surface area contributed by atoms with Gasteiger partial charge in [0.05, 0.1) is 35.6 Å². The Morgan fingerprint density at radius 2 is 1.74 bits per heavy atom. The van der Waals surface area contributed by atoms with E-state index in [2.05, 4.69) is 11.6 Å². The Labute approximate surface area is 203 Å². The molecule has 0 radical (unpaired) electrons. The number of hydrogen-bond acceptors (Lipinski definition) is 6. The van der Waals surface area contributed by atoms with Gasteiger partial charge in [0.25, 0.3) is 7.37 Å². The van der Waals surface area contributed by atoms with Crippen molar-refractivity contribution in [1.82, 2.24) is 9.97 Å². The summed E-state index contributed by atoms with van der Waals surface area (Å²) in [7, 11) is -2.51. The van der Waals surface area contributed by atoms with Crippen molar-refractivity contribution in [3.05, 3.63) is 71.7 Å². The maximum atomic E-state index is 13.6. The highest BCUT2D eigenvalue weighted by Gasteiger charge is 2.26. The van der Waals surface area contributed by atoms with Crippen molar-refractivity contribution < 1.29 is 28.5 Å². The Balaban J connectivity index is 2.20. The van der Waals surface area contributed by atoms with E-state index in [-0.39, 0.29) is 5.92 Å². The lowest BCUT2D eigenvalue weighted by Crippen LogP contribution is -2.17. The van der Waals surface area contributed by atoms with Gasteiger partial charge in [-0.25, -0.2) is 14.4 Å². The standard InChI is InChI=1S/C26H26FN2O5P/c1-17(2)24-22(13-14-35(33,34-3)16-21(30)15-23(31)32)25(18-9-11-20(27)12-10-18)29-26(28-24)19-7-5-4-6-8-19/h4-12,17,21,30H,15-16H2,1-3H3,(H,31,32)/t21-,35?/m0/s1. The lowest BCUT2D eigenvalue weighted by Gasteiger charge is -2.16. The second-order valence-electron chi connectivity index (χ2n) is 8.21. The second-order valence-corrected chi connectivity index (χ2v) is 10.5. The topological polar surface area (TPSA) is 110 Å². The van der Waals surface area contributed by atoms with Gasteiger partial charge in [-0.1, -0.05) is 50.1 Å². The highest BCUT2D eigenvalue weighted by Crippen LogP contribution is 2.46. The third-order valence-electron chi connectivity index (χ3n) is 5.14. The minimum atomic E-state index is -3.71. The lowest BCUT2D eigenvalue weighted by molar-refractivity contribution is -0.138. The molecule has 2 aromatic carbocycles. The average molecular weight is 496 g/mol. The number of nitrogens with zero attached hydrogens (tertiary/aromatic N) is 2. The Kier molecular flexibility index (Phi) is 8.52. The molecule has 0 bridgehead atoms. The molecule has 3 aromatic rings. The minimum absolute atomic E-state index is 0.0940. The molecule has 0 spiro atoms. The molecule has 182 valence electrons. The number of halogens is 1. The Morgan fingerprint density at radius 3 is 2.31 bits per heavy atom. The molecule has 1 unspecified atom stereocenters. The van der Waals surface area contributed by atoms with Crippen LogP contribution in [0.2, 0.25) is 0 Å². The summed E-state index contributed by atoms with van der Waals surface area (Å²) in [5, 5.41) is 18.9. The fourth-order valence-corrected chi connectivity index (χ4v) is 4.70. The van der Waals surface area contributed by atoms with E-state index in [0.717, 1.165) is 5.56 Å². The average Bonchev–Trinajstić information content (AvgIpc) is 2.82. The first kappa shape index (κ1) is 26.2. The molecule has 0 fully saturated rings. The highest BCUT2D eigenvalue weighted by molar-refractivity contribution is 7.64. The first-order valence-electron chi connectivity index (χ1n) is 10.9. The molecule has 2 atom stereocenters. The van der Waals surface area contributed by atoms with Gasteiger partial charge in [-0.15, -0.1) is 0 Å². The summed E-state index contributed by atoms with van der Waals surface area (Å²) in [4.78, 5) is 20.3. The summed E-state index contributed by atoms with van der Waals surface area (Å²) in [6.07, 6.45) is -2.40. The van der Waals surface area contributed by atoms with E-state index in [9.17, 15) is 18.9 Å². The number of carboxylic acid groups (broad SMARTS) is 1. The van der Waals surface area contributed by atoms with Gasteiger partial charge in [-0.05, 0) is 35.8 Å². The largest absolute Gasteiger partial charge is 0.481 e. The van der Waals surface area contributed by atoms with Crippen molar-refractivity contribution in [2.24, 2.45) is 0 Å². The SMILES string of the molecule is COP(=O)(C#Cc1c(-c2ccc(F)cc2)nc(-c2ccccc2)nc1C(C)C)C[C@@H](O)CC(=O)O. The van der Waals surface area contributed by atoms with Crippen LogP contribution >= 0.6 is 7.37 Å². The molecule has 0 amide bonds. The van der Waals surface area contributed by atoms with E-state index in [1.165, 1.54) is 19.2 Å². The molecular weight excluding hydrogens is 470 g/mol. The zero-order valence-electron chi connectivity index (χ0n) is 19.6. The Hall–Kier alpha value is -3.37. The molecule has 2 N–H and O–H groups in total. The van der Waals surface area contributed by atoms with Gasteiger partial charge >= 0.3 is 5.97 Å². The summed E-state index contributed by atoms with van der Waals surface area (Å²) < 4.78 is 31.9. The highest BCUT2D eigenvalue weighted by atomic mass is 31.2. The molecule has 7 nitrogen and oxygen atoms in total. The van der Waals surface area contributed by atoms with E-state index < -0.39 is 37.8 Å². The number of hydrogen-bond donors (Lipinski definition) is 2. The quantitative estimate of drug-likeness (QED) is 0.328. The van der Waals surface area contributed by atoms with Crippen molar-refractivity contribution in [3.63, 3.8) is 0 Å². The van der Waals surface area contributed by atoms with Crippen molar-refractivity contribution in [2.45, 2.75) is 32.3 Å². The number of aliphatic carboxylic acids is 1. The number of carboxylic acids is 1. The van der Waals surface area contributed by atoms with Crippen LogP contribution in [0.3, 0.4) is 0 Å². The molecule has 35 heavy (non-hydrogen) atoms. The van der Waals surface area contributed by atoms with Gasteiger partial charge in [0, 0.05) is 18.2 Å². The second kappa shape index (κ2) is 11.4. The fourth-order valence-electron chi connectivity index (χ4n) is 3.40. The van der Waals surface area contributed by atoms with Crippen LogP contribution in [-0.2, 0) is 13.9 Å². The van der Waals surface area contributed by atoms with Gasteiger partial charge < -0.3 is 14.7 Å². The van der Waals surface area contributed by atoms with Crippen LogP contribution in [0.5, 0.6) is 0 Å². The Morgan fingerprint density at radius 1 is 1.09 bits per heavy atom. The zero-order chi connectivity index (χ0) is 25.6. The number of benzene rings is 2. The van der Waals surface area contributed by atoms with E-state index in [4.69, 9.17) is 19.6 Å². The van der Waals surface area contributed by atoms with Crippen LogP contribution < -0.4 is 0 Å². The van der Waals surface area contributed by atoms with E-state index in [0.29, 0.717) is 28.3 Å². The molecular formula is C26H26FN2O5P. The van der Waals surface area contributed by atoms with Crippen LogP contribution in [-0.4, -0.2) is 45.5 Å². The van der Waals surface area contributed by atoms with Crippen molar-refractivity contribution in [1.29, 1.82) is 0 Å². The van der Waals surface area contributed by atoms with Crippen molar-refractivity contribution in [2.75, 3.05) is 13.3 Å². The Bertz CT molecular complexity index is 1300. The smallest absolute Gasteiger partial charge is 0.305 e.